The lowest BCUT2D eigenvalue weighted by Crippen LogP contribution is -2.41. The zero-order chi connectivity index (χ0) is 23.7. The third kappa shape index (κ3) is 8.78. The van der Waals surface area contributed by atoms with E-state index in [0.717, 1.165) is 29.4 Å². The molecule has 1 heterocycles. The number of benzene rings is 1. The number of hydrogen-bond donors (Lipinski definition) is 3. The van der Waals surface area contributed by atoms with Crippen LogP contribution in [0.25, 0.3) is 0 Å². The molecule has 1 aliphatic heterocycles. The second-order valence-electron chi connectivity index (χ2n) is 8.59. The van der Waals surface area contributed by atoms with Gasteiger partial charge in [-0.25, -0.2) is 4.79 Å². The van der Waals surface area contributed by atoms with Crippen LogP contribution in [0.4, 0.5) is 15.3 Å². The molecular weight excluding hydrogens is 432 g/mol. The van der Waals surface area contributed by atoms with Crippen LogP contribution in [0.2, 0.25) is 0 Å². The molecule has 1 saturated heterocycles. The zero-order valence-corrected chi connectivity index (χ0v) is 19.8. The first-order valence-electron chi connectivity index (χ1n) is 10.6. The second-order valence-corrected chi connectivity index (χ2v) is 9.54. The van der Waals surface area contributed by atoms with Gasteiger partial charge in [0, 0.05) is 25.2 Å². The number of carbonyl (C=O) groups excluding carboxylic acids is 4. The molecule has 0 spiro atoms. The first-order valence-corrected chi connectivity index (χ1v) is 11.6. The standard InChI is InChI=1S/C22H32N4O5S/c1-5-16-8-6-7-9-17(16)23-19(28)14-32-20(29)25-24-18(27)12-15-10-11-26(13-15)21(30)31-22(2,3)4/h6-9,15H,5,10-14H2,1-4H3,(H,23,28)(H,24,27)(H,25,29)/t15-/m0/s1. The van der Waals surface area contributed by atoms with E-state index in [-0.39, 0.29) is 36.0 Å². The van der Waals surface area contributed by atoms with Gasteiger partial charge in [-0.1, -0.05) is 36.9 Å². The van der Waals surface area contributed by atoms with Gasteiger partial charge < -0.3 is 15.0 Å². The number of ether oxygens (including phenoxy) is 1. The second kappa shape index (κ2) is 11.8. The van der Waals surface area contributed by atoms with Crippen LogP contribution in [0.3, 0.4) is 0 Å². The van der Waals surface area contributed by atoms with Crippen molar-refractivity contribution in [3.8, 4) is 0 Å². The predicted octanol–water partition coefficient (Wildman–Crippen LogP) is 3.31. The van der Waals surface area contributed by atoms with Crippen molar-refractivity contribution in [3.05, 3.63) is 29.8 Å². The zero-order valence-electron chi connectivity index (χ0n) is 19.0. The van der Waals surface area contributed by atoms with Crippen molar-refractivity contribution in [2.75, 3.05) is 24.2 Å². The Morgan fingerprint density at radius 3 is 2.53 bits per heavy atom. The molecule has 3 N–H and O–H groups in total. The summed E-state index contributed by atoms with van der Waals surface area (Å²) in [4.78, 5) is 49.8. The largest absolute Gasteiger partial charge is 0.444 e. The molecule has 0 aromatic heterocycles. The maximum absolute atomic E-state index is 12.1. The Hall–Kier alpha value is -2.75. The van der Waals surface area contributed by atoms with Crippen molar-refractivity contribution in [3.63, 3.8) is 0 Å². The van der Waals surface area contributed by atoms with E-state index in [9.17, 15) is 19.2 Å². The van der Waals surface area contributed by atoms with E-state index < -0.39 is 10.8 Å². The third-order valence-corrected chi connectivity index (χ3v) is 5.49. The fraction of sp³-hybridized carbons (Fsp3) is 0.545. The quantitative estimate of drug-likeness (QED) is 0.556. The summed E-state index contributed by atoms with van der Waals surface area (Å²) in [6.45, 7) is 8.38. The predicted molar refractivity (Wildman–Crippen MR) is 124 cm³/mol. The van der Waals surface area contributed by atoms with Crippen LogP contribution in [0, 0.1) is 5.92 Å². The summed E-state index contributed by atoms with van der Waals surface area (Å²) in [6.07, 6.45) is 1.27. The van der Waals surface area contributed by atoms with Crippen molar-refractivity contribution in [1.29, 1.82) is 0 Å². The number of likely N-dealkylation sites (tertiary alicyclic amines) is 1. The van der Waals surface area contributed by atoms with Crippen LogP contribution in [0.15, 0.2) is 24.3 Å². The molecule has 0 bridgehead atoms. The van der Waals surface area contributed by atoms with Gasteiger partial charge >= 0.3 is 6.09 Å². The summed E-state index contributed by atoms with van der Waals surface area (Å²) >= 11 is 0.765. The van der Waals surface area contributed by atoms with Crippen LogP contribution in [0.5, 0.6) is 0 Å². The molecule has 1 aliphatic rings. The molecule has 0 aliphatic carbocycles. The van der Waals surface area contributed by atoms with Crippen molar-refractivity contribution >= 4 is 40.6 Å². The molecule has 1 aromatic carbocycles. The first kappa shape index (κ1) is 25.5. The summed E-state index contributed by atoms with van der Waals surface area (Å²) in [7, 11) is 0. The maximum Gasteiger partial charge on any atom is 0.410 e. The monoisotopic (exact) mass is 464 g/mol. The van der Waals surface area contributed by atoms with E-state index in [1.54, 1.807) is 25.7 Å². The molecule has 1 atom stereocenters. The first-order chi connectivity index (χ1) is 15.1. The van der Waals surface area contributed by atoms with Gasteiger partial charge in [0.05, 0.1) is 5.75 Å². The average Bonchev–Trinajstić information content (AvgIpc) is 3.18. The van der Waals surface area contributed by atoms with Crippen molar-refractivity contribution in [2.45, 2.75) is 52.6 Å². The molecule has 4 amide bonds. The molecule has 2 rings (SSSR count). The number of nitrogens with one attached hydrogen (secondary N) is 3. The molecular formula is C22H32N4O5S. The molecule has 0 radical (unpaired) electrons. The lowest BCUT2D eigenvalue weighted by Gasteiger charge is -2.24. The molecule has 9 nitrogen and oxygen atoms in total. The summed E-state index contributed by atoms with van der Waals surface area (Å²) < 4.78 is 5.34. The van der Waals surface area contributed by atoms with E-state index in [4.69, 9.17) is 4.74 Å². The van der Waals surface area contributed by atoms with Gasteiger partial charge in [-0.2, -0.15) is 0 Å². The molecule has 176 valence electrons. The molecule has 10 heteroatoms. The van der Waals surface area contributed by atoms with Gasteiger partial charge in [0.25, 0.3) is 5.24 Å². The molecule has 1 fully saturated rings. The van der Waals surface area contributed by atoms with Gasteiger partial charge in [0.2, 0.25) is 11.8 Å². The number of carbonyl (C=O) groups is 4. The highest BCUT2D eigenvalue weighted by atomic mass is 32.2. The Morgan fingerprint density at radius 2 is 1.84 bits per heavy atom. The average molecular weight is 465 g/mol. The van der Waals surface area contributed by atoms with E-state index in [0.29, 0.717) is 19.5 Å². The normalized spacial score (nSPS) is 15.8. The van der Waals surface area contributed by atoms with Crippen molar-refractivity contribution in [2.24, 2.45) is 5.92 Å². The van der Waals surface area contributed by atoms with Gasteiger partial charge in [-0.05, 0) is 51.2 Å². The number of thioether (sulfide) groups is 1. The lowest BCUT2D eigenvalue weighted by molar-refractivity contribution is -0.122. The summed E-state index contributed by atoms with van der Waals surface area (Å²) in [6, 6.07) is 7.48. The highest BCUT2D eigenvalue weighted by Crippen LogP contribution is 2.22. The minimum Gasteiger partial charge on any atom is -0.444 e. The van der Waals surface area contributed by atoms with Crippen LogP contribution in [0.1, 0.15) is 46.1 Å². The molecule has 32 heavy (non-hydrogen) atoms. The van der Waals surface area contributed by atoms with Crippen molar-refractivity contribution in [1.82, 2.24) is 15.8 Å². The van der Waals surface area contributed by atoms with Gasteiger partial charge in [-0.3, -0.25) is 25.2 Å². The summed E-state index contributed by atoms with van der Waals surface area (Å²) in [5.74, 6) is -0.730. The number of rotatable bonds is 6. The fourth-order valence-electron chi connectivity index (χ4n) is 3.23. The van der Waals surface area contributed by atoms with Crippen LogP contribution in [-0.2, 0) is 20.7 Å². The number of aryl methyl sites for hydroxylation is 1. The van der Waals surface area contributed by atoms with E-state index >= 15 is 0 Å². The number of hydrogen-bond acceptors (Lipinski definition) is 6. The minimum absolute atomic E-state index is 0.00325. The number of amides is 4. The van der Waals surface area contributed by atoms with Crippen LogP contribution in [-0.4, -0.2) is 52.5 Å². The number of para-hydroxylation sites is 1. The Kier molecular flexibility index (Phi) is 9.37. The highest BCUT2D eigenvalue weighted by Gasteiger charge is 2.30. The summed E-state index contributed by atoms with van der Waals surface area (Å²) in [5.41, 5.74) is 5.84. The third-order valence-electron chi connectivity index (χ3n) is 4.72. The minimum atomic E-state index is -0.565. The van der Waals surface area contributed by atoms with E-state index in [2.05, 4.69) is 16.2 Å². The fourth-order valence-corrected chi connectivity index (χ4v) is 3.69. The van der Waals surface area contributed by atoms with Gasteiger partial charge in [0.1, 0.15) is 5.60 Å². The Balaban J connectivity index is 1.65. The number of nitrogens with zero attached hydrogens (tertiary/aromatic N) is 1. The van der Waals surface area contributed by atoms with E-state index in [1.807, 2.05) is 31.2 Å². The van der Waals surface area contributed by atoms with Crippen molar-refractivity contribution < 1.29 is 23.9 Å². The molecule has 1 aromatic rings. The Labute approximate surface area is 193 Å². The van der Waals surface area contributed by atoms with E-state index in [1.165, 1.54) is 0 Å². The number of anilines is 1. The van der Waals surface area contributed by atoms with Gasteiger partial charge in [0.15, 0.2) is 0 Å². The maximum atomic E-state index is 12.1. The molecule has 0 unspecified atom stereocenters. The van der Waals surface area contributed by atoms with Crippen LogP contribution >= 0.6 is 11.8 Å². The summed E-state index contributed by atoms with van der Waals surface area (Å²) in [5, 5.41) is 2.26. The van der Waals surface area contributed by atoms with Crippen LogP contribution < -0.4 is 16.2 Å². The smallest absolute Gasteiger partial charge is 0.410 e. The SMILES string of the molecule is CCc1ccccc1NC(=O)CSC(=O)NNC(=O)C[C@@H]1CCN(C(=O)OC(C)(C)C)C1. The topological polar surface area (TPSA) is 117 Å². The lowest BCUT2D eigenvalue weighted by atomic mass is 10.1. The Morgan fingerprint density at radius 1 is 1.12 bits per heavy atom. The number of hydrazine groups is 1. The molecule has 0 saturated carbocycles. The Bertz CT molecular complexity index is 840. The highest BCUT2D eigenvalue weighted by molar-refractivity contribution is 8.14. The van der Waals surface area contributed by atoms with Gasteiger partial charge in [-0.15, -0.1) is 0 Å².